The Balaban J connectivity index is 1.47. The molecule has 8 nitrogen and oxygen atoms in total. The van der Waals surface area contributed by atoms with E-state index >= 15 is 0 Å². The fourth-order valence-corrected chi connectivity index (χ4v) is 4.03. The van der Waals surface area contributed by atoms with Gasteiger partial charge in [-0.2, -0.15) is 0 Å². The van der Waals surface area contributed by atoms with Gasteiger partial charge in [0.1, 0.15) is 11.8 Å². The van der Waals surface area contributed by atoms with E-state index in [1.165, 1.54) is 18.2 Å². The van der Waals surface area contributed by atoms with E-state index in [9.17, 15) is 19.8 Å². The van der Waals surface area contributed by atoms with Gasteiger partial charge in [0, 0.05) is 24.9 Å². The molecule has 3 aromatic carbocycles. The second kappa shape index (κ2) is 10.9. The van der Waals surface area contributed by atoms with Crippen molar-refractivity contribution >= 4 is 35.0 Å². The maximum Gasteiger partial charge on any atom is 0.248 e. The lowest BCUT2D eigenvalue weighted by Crippen LogP contribution is -2.36. The lowest BCUT2D eigenvalue weighted by atomic mass is 10.0. The van der Waals surface area contributed by atoms with E-state index < -0.39 is 12.1 Å². The van der Waals surface area contributed by atoms with Gasteiger partial charge in [0.05, 0.1) is 17.5 Å². The Labute approximate surface area is 203 Å². The first kappa shape index (κ1) is 24.0. The molecule has 0 radical (unpaired) electrons. The van der Waals surface area contributed by atoms with Gasteiger partial charge in [-0.15, -0.1) is 0 Å². The van der Waals surface area contributed by atoms with Gasteiger partial charge < -0.3 is 26.6 Å². The summed E-state index contributed by atoms with van der Waals surface area (Å²) in [7, 11) is 0. The van der Waals surface area contributed by atoms with Gasteiger partial charge in [-0.1, -0.05) is 36.4 Å². The number of likely N-dealkylation sites (tertiary alicyclic amines) is 1. The summed E-state index contributed by atoms with van der Waals surface area (Å²) in [5, 5.41) is 25.1. The molecule has 35 heavy (non-hydrogen) atoms. The van der Waals surface area contributed by atoms with E-state index in [1.807, 2.05) is 29.2 Å². The molecule has 1 heterocycles. The zero-order valence-electron chi connectivity index (χ0n) is 19.1. The Kier molecular flexibility index (Phi) is 7.45. The van der Waals surface area contributed by atoms with Crippen LogP contribution in [0.15, 0.2) is 78.9 Å². The highest BCUT2D eigenvalue weighted by Gasteiger charge is 2.33. The molecule has 180 valence electrons. The van der Waals surface area contributed by atoms with E-state index in [1.54, 1.807) is 42.5 Å². The molecule has 2 amide bonds. The Bertz CT molecular complexity index is 1210. The molecule has 6 N–H and O–H groups in total. The molecule has 2 unspecified atom stereocenters. The summed E-state index contributed by atoms with van der Waals surface area (Å²) < 4.78 is 0. The molecule has 0 aromatic heterocycles. The third-order valence-corrected chi connectivity index (χ3v) is 5.84. The Hall–Kier alpha value is -4.14. The van der Waals surface area contributed by atoms with Gasteiger partial charge in [-0.05, 0) is 60.0 Å². The summed E-state index contributed by atoms with van der Waals surface area (Å²) in [4.78, 5) is 27.4. The van der Waals surface area contributed by atoms with Crippen molar-refractivity contribution in [2.24, 2.45) is 0 Å². The van der Waals surface area contributed by atoms with Crippen molar-refractivity contribution in [2.75, 3.05) is 29.5 Å². The van der Waals surface area contributed by atoms with Crippen LogP contribution in [0.4, 0.5) is 17.1 Å². The van der Waals surface area contributed by atoms with Crippen LogP contribution in [0.2, 0.25) is 0 Å². The van der Waals surface area contributed by atoms with Crippen molar-refractivity contribution in [1.29, 1.82) is 0 Å². The van der Waals surface area contributed by atoms with Gasteiger partial charge in [0.15, 0.2) is 0 Å². The maximum atomic E-state index is 13.2. The maximum absolute atomic E-state index is 13.2. The molecule has 0 saturated carbocycles. The fourth-order valence-electron chi connectivity index (χ4n) is 4.03. The minimum Gasteiger partial charge on any atom is -0.508 e. The van der Waals surface area contributed by atoms with Gasteiger partial charge in [0.25, 0.3) is 0 Å². The highest BCUT2D eigenvalue weighted by Crippen LogP contribution is 2.28. The molecular formula is C27H28N4O4. The number of amides is 2. The van der Waals surface area contributed by atoms with Crippen LogP contribution in [0.3, 0.4) is 0 Å². The van der Waals surface area contributed by atoms with Crippen LogP contribution in [-0.4, -0.2) is 46.1 Å². The highest BCUT2D eigenvalue weighted by molar-refractivity contribution is 6.03. The molecule has 2 atom stereocenters. The van der Waals surface area contributed by atoms with Crippen molar-refractivity contribution in [3.63, 3.8) is 0 Å². The quantitative estimate of drug-likeness (QED) is 0.204. The van der Waals surface area contributed by atoms with Crippen molar-refractivity contribution in [1.82, 2.24) is 4.90 Å². The third kappa shape index (κ3) is 6.26. The number of nitrogens with one attached hydrogen (secondary N) is 2. The first-order chi connectivity index (χ1) is 16.9. The van der Waals surface area contributed by atoms with Crippen molar-refractivity contribution in [3.05, 3.63) is 90.0 Å². The number of aromatic hydroxyl groups is 1. The third-order valence-electron chi connectivity index (χ3n) is 5.84. The second-order valence-corrected chi connectivity index (χ2v) is 8.45. The SMILES string of the molecule is Nc1ccccc1NC(=O)/C=C/c1ccc(C(C(=O)Nc2ccc(O)cc2)N2CCC(O)C2)cc1. The Morgan fingerprint density at radius 2 is 1.71 bits per heavy atom. The minimum atomic E-state index is -0.594. The number of β-amino-alcohol motifs (C(OH)–C–C–N with tert-alkyl or cyclic N) is 1. The molecule has 1 saturated heterocycles. The number of rotatable bonds is 7. The average Bonchev–Trinajstić information content (AvgIpc) is 3.27. The number of nitrogens with two attached hydrogens (primary N) is 1. The number of aliphatic hydroxyl groups is 1. The predicted molar refractivity (Wildman–Crippen MR) is 137 cm³/mol. The smallest absolute Gasteiger partial charge is 0.248 e. The summed E-state index contributed by atoms with van der Waals surface area (Å²) in [5.41, 5.74) is 9.03. The number of anilines is 3. The number of carbonyl (C=O) groups is 2. The molecule has 0 bridgehead atoms. The number of nitrogens with zero attached hydrogens (tertiary/aromatic N) is 1. The topological polar surface area (TPSA) is 128 Å². The molecule has 1 aliphatic heterocycles. The minimum absolute atomic E-state index is 0.117. The van der Waals surface area contributed by atoms with Crippen LogP contribution in [0.25, 0.3) is 6.08 Å². The average molecular weight is 473 g/mol. The van der Waals surface area contributed by atoms with Gasteiger partial charge in [-0.25, -0.2) is 0 Å². The summed E-state index contributed by atoms with van der Waals surface area (Å²) in [5.74, 6) is -0.413. The van der Waals surface area contributed by atoms with Crippen LogP contribution >= 0.6 is 0 Å². The van der Waals surface area contributed by atoms with Crippen LogP contribution in [0.1, 0.15) is 23.6 Å². The van der Waals surface area contributed by atoms with Crippen molar-refractivity contribution in [3.8, 4) is 5.75 Å². The monoisotopic (exact) mass is 472 g/mol. The number of phenols is 1. The Morgan fingerprint density at radius 3 is 2.37 bits per heavy atom. The summed E-state index contributed by atoms with van der Waals surface area (Å²) in [6.45, 7) is 0.997. The summed E-state index contributed by atoms with van der Waals surface area (Å²) >= 11 is 0. The summed E-state index contributed by atoms with van der Waals surface area (Å²) in [6.07, 6.45) is 3.24. The normalized spacial score (nSPS) is 16.8. The van der Waals surface area contributed by atoms with E-state index in [0.29, 0.717) is 36.6 Å². The molecule has 0 aliphatic carbocycles. The molecule has 8 heteroatoms. The zero-order valence-corrected chi connectivity index (χ0v) is 19.1. The van der Waals surface area contributed by atoms with E-state index in [2.05, 4.69) is 10.6 Å². The van der Waals surface area contributed by atoms with Crippen LogP contribution < -0.4 is 16.4 Å². The van der Waals surface area contributed by atoms with Crippen LogP contribution in [-0.2, 0) is 9.59 Å². The molecule has 0 spiro atoms. The van der Waals surface area contributed by atoms with Crippen LogP contribution in [0, 0.1) is 0 Å². The lowest BCUT2D eigenvalue weighted by molar-refractivity contribution is -0.121. The van der Waals surface area contributed by atoms with Gasteiger partial charge in [-0.3, -0.25) is 14.5 Å². The highest BCUT2D eigenvalue weighted by atomic mass is 16.3. The van der Waals surface area contributed by atoms with Crippen LogP contribution in [0.5, 0.6) is 5.75 Å². The lowest BCUT2D eigenvalue weighted by Gasteiger charge is -2.27. The van der Waals surface area contributed by atoms with Crippen molar-refractivity contribution < 1.29 is 19.8 Å². The van der Waals surface area contributed by atoms with Crippen molar-refractivity contribution in [2.45, 2.75) is 18.6 Å². The molecule has 4 rings (SSSR count). The first-order valence-corrected chi connectivity index (χ1v) is 11.3. The van der Waals surface area contributed by atoms with E-state index in [4.69, 9.17) is 5.73 Å². The predicted octanol–water partition coefficient (Wildman–Crippen LogP) is 3.37. The largest absolute Gasteiger partial charge is 0.508 e. The Morgan fingerprint density at radius 1 is 1.00 bits per heavy atom. The van der Waals surface area contributed by atoms with E-state index in [0.717, 1.165) is 11.1 Å². The van der Waals surface area contributed by atoms with Gasteiger partial charge >= 0.3 is 0 Å². The van der Waals surface area contributed by atoms with Gasteiger partial charge in [0.2, 0.25) is 11.8 Å². The molecular weight excluding hydrogens is 444 g/mol. The number of hydrogen-bond donors (Lipinski definition) is 5. The van der Waals surface area contributed by atoms with E-state index in [-0.39, 0.29) is 17.6 Å². The number of aliphatic hydroxyl groups excluding tert-OH is 1. The standard InChI is InChI=1S/C27H28N4O4/c28-23-3-1-2-4-24(23)30-25(34)14-7-18-5-8-19(9-6-18)26(31-16-15-22(33)17-31)27(35)29-20-10-12-21(32)13-11-20/h1-14,22,26,32-33H,15-17,28H2,(H,29,35)(H,30,34)/b14-7+. The summed E-state index contributed by atoms with van der Waals surface area (Å²) in [6, 6.07) is 20.1. The second-order valence-electron chi connectivity index (χ2n) is 8.45. The molecule has 1 fully saturated rings. The number of carbonyl (C=O) groups excluding carboxylic acids is 2. The number of hydrogen-bond acceptors (Lipinski definition) is 6. The molecule has 3 aromatic rings. The fraction of sp³-hybridized carbons (Fsp3) is 0.185. The molecule has 1 aliphatic rings. The number of phenolic OH excluding ortho intramolecular Hbond substituents is 1. The zero-order chi connectivity index (χ0) is 24.8. The number of nitrogen functional groups attached to an aromatic ring is 1. The number of benzene rings is 3. The number of para-hydroxylation sites is 2. The first-order valence-electron chi connectivity index (χ1n) is 11.3.